The van der Waals surface area contributed by atoms with Gasteiger partial charge in [0.25, 0.3) is 0 Å². The van der Waals surface area contributed by atoms with E-state index in [0.29, 0.717) is 18.4 Å². The van der Waals surface area contributed by atoms with Crippen molar-refractivity contribution < 1.29 is 4.74 Å². The van der Waals surface area contributed by atoms with Crippen molar-refractivity contribution >= 4 is 5.82 Å². The van der Waals surface area contributed by atoms with E-state index in [1.54, 1.807) is 13.1 Å². The molecule has 78 valence electrons. The number of hydrogen-bond donors (Lipinski definition) is 1. The third-order valence-corrected chi connectivity index (χ3v) is 1.68. The molecule has 5 nitrogen and oxygen atoms in total. The topological polar surface area (TPSA) is 70.1 Å². The Morgan fingerprint density at radius 2 is 2.29 bits per heavy atom. The largest absolute Gasteiger partial charge is 0.478 e. The lowest BCUT2D eigenvalue weighted by Gasteiger charge is -2.11. The van der Waals surface area contributed by atoms with Gasteiger partial charge in [0.05, 0.1) is 6.61 Å². The summed E-state index contributed by atoms with van der Waals surface area (Å²) in [5.74, 6) is 1.04. The van der Waals surface area contributed by atoms with Crippen LogP contribution < -0.4 is 16.2 Å². The van der Waals surface area contributed by atoms with E-state index in [4.69, 9.17) is 10.5 Å². The highest BCUT2D eigenvalue weighted by Crippen LogP contribution is 2.10. The molecule has 0 aliphatic carbocycles. The molecule has 0 aromatic carbocycles. The molecule has 0 atom stereocenters. The highest BCUT2D eigenvalue weighted by Gasteiger charge is 2.04. The molecule has 1 aromatic rings. The van der Waals surface area contributed by atoms with E-state index in [1.807, 2.05) is 13.8 Å². The Labute approximate surface area is 82.5 Å². The second-order valence-electron chi connectivity index (χ2n) is 3.57. The molecule has 1 heterocycles. The van der Waals surface area contributed by atoms with Gasteiger partial charge in [0.1, 0.15) is 5.82 Å². The van der Waals surface area contributed by atoms with Crippen molar-refractivity contribution in [1.82, 2.24) is 9.55 Å². The Balaban J connectivity index is 2.91. The van der Waals surface area contributed by atoms with Gasteiger partial charge in [0.15, 0.2) is 0 Å². The average Bonchev–Trinajstić information content (AvgIpc) is 2.08. The van der Waals surface area contributed by atoms with Gasteiger partial charge < -0.3 is 10.5 Å². The third-order valence-electron chi connectivity index (χ3n) is 1.68. The molecular weight excluding hydrogens is 182 g/mol. The summed E-state index contributed by atoms with van der Waals surface area (Å²) in [5.41, 5.74) is 5.03. The molecule has 0 saturated heterocycles. The van der Waals surface area contributed by atoms with Gasteiger partial charge in [-0.05, 0) is 5.92 Å². The van der Waals surface area contributed by atoms with Crippen LogP contribution in [-0.4, -0.2) is 16.2 Å². The Hall–Kier alpha value is -1.52. The minimum Gasteiger partial charge on any atom is -0.478 e. The molecule has 0 radical (unpaired) electrons. The number of hydrogen-bond acceptors (Lipinski definition) is 4. The molecule has 1 aromatic heterocycles. The lowest BCUT2D eigenvalue weighted by molar-refractivity contribution is 0.250. The van der Waals surface area contributed by atoms with Crippen molar-refractivity contribution in [3.8, 4) is 5.88 Å². The molecule has 14 heavy (non-hydrogen) atoms. The van der Waals surface area contributed by atoms with E-state index in [2.05, 4.69) is 4.98 Å². The smallest absolute Gasteiger partial charge is 0.352 e. The summed E-state index contributed by atoms with van der Waals surface area (Å²) < 4.78 is 6.73. The van der Waals surface area contributed by atoms with Crippen LogP contribution in [0.3, 0.4) is 0 Å². The van der Waals surface area contributed by atoms with Gasteiger partial charge in [0.2, 0.25) is 5.88 Å². The average molecular weight is 197 g/mol. The van der Waals surface area contributed by atoms with Crippen LogP contribution in [0.25, 0.3) is 0 Å². The zero-order valence-corrected chi connectivity index (χ0v) is 8.65. The second kappa shape index (κ2) is 4.13. The van der Waals surface area contributed by atoms with Gasteiger partial charge in [-0.15, -0.1) is 0 Å². The minimum absolute atomic E-state index is 0.187. The molecule has 0 fully saturated rings. The lowest BCUT2D eigenvalue weighted by atomic mass is 10.2. The van der Waals surface area contributed by atoms with Crippen LogP contribution in [0, 0.1) is 5.92 Å². The van der Waals surface area contributed by atoms with E-state index in [0.717, 1.165) is 0 Å². The van der Waals surface area contributed by atoms with Crippen LogP contribution in [0.1, 0.15) is 13.8 Å². The van der Waals surface area contributed by atoms with Crippen molar-refractivity contribution in [3.05, 3.63) is 16.6 Å². The fourth-order valence-corrected chi connectivity index (χ4v) is 0.926. The Kier molecular flexibility index (Phi) is 3.11. The van der Waals surface area contributed by atoms with Gasteiger partial charge in [-0.1, -0.05) is 13.8 Å². The Morgan fingerprint density at radius 3 is 2.86 bits per heavy atom. The summed E-state index contributed by atoms with van der Waals surface area (Å²) in [6.45, 7) is 4.61. The Morgan fingerprint density at radius 1 is 1.64 bits per heavy atom. The SMILES string of the molecule is CC(C)COc1cc(N)nc(=O)n1C. The first-order valence-corrected chi connectivity index (χ1v) is 4.47. The number of nitrogens with zero attached hydrogens (tertiary/aromatic N) is 2. The molecule has 5 heteroatoms. The molecule has 0 unspecified atom stereocenters. The fraction of sp³-hybridized carbons (Fsp3) is 0.556. The number of rotatable bonds is 3. The third kappa shape index (κ3) is 2.48. The predicted molar refractivity (Wildman–Crippen MR) is 54.2 cm³/mol. The molecular formula is C9H15N3O2. The lowest BCUT2D eigenvalue weighted by Crippen LogP contribution is -2.23. The van der Waals surface area contributed by atoms with Crippen molar-refractivity contribution in [3.63, 3.8) is 0 Å². The maximum absolute atomic E-state index is 11.2. The number of ether oxygens (including phenoxy) is 1. The summed E-state index contributed by atoms with van der Waals surface area (Å²) in [6.07, 6.45) is 0. The maximum Gasteiger partial charge on any atom is 0.352 e. The molecule has 0 amide bonds. The number of nitrogen functional groups attached to an aromatic ring is 1. The molecule has 0 saturated carbocycles. The first kappa shape index (κ1) is 10.6. The summed E-state index contributed by atoms with van der Waals surface area (Å²) >= 11 is 0. The normalized spacial score (nSPS) is 10.6. The van der Waals surface area contributed by atoms with Crippen molar-refractivity contribution in [2.75, 3.05) is 12.3 Å². The van der Waals surface area contributed by atoms with Crippen LogP contribution in [-0.2, 0) is 7.05 Å². The van der Waals surface area contributed by atoms with Crippen LogP contribution in [0.2, 0.25) is 0 Å². The van der Waals surface area contributed by atoms with Gasteiger partial charge in [-0.2, -0.15) is 4.98 Å². The van der Waals surface area contributed by atoms with Gasteiger partial charge in [-0.25, -0.2) is 4.79 Å². The van der Waals surface area contributed by atoms with Crippen LogP contribution in [0.5, 0.6) is 5.88 Å². The molecule has 0 bridgehead atoms. The van der Waals surface area contributed by atoms with Gasteiger partial charge in [0, 0.05) is 13.1 Å². The van der Waals surface area contributed by atoms with E-state index < -0.39 is 5.69 Å². The summed E-state index contributed by atoms with van der Waals surface area (Å²) in [4.78, 5) is 14.8. The quantitative estimate of drug-likeness (QED) is 0.761. The number of anilines is 1. The molecule has 1 rings (SSSR count). The monoisotopic (exact) mass is 197 g/mol. The molecule has 2 N–H and O–H groups in total. The number of aromatic nitrogens is 2. The molecule has 0 aliphatic heterocycles. The van der Waals surface area contributed by atoms with Crippen LogP contribution in [0.15, 0.2) is 10.9 Å². The van der Waals surface area contributed by atoms with Crippen molar-refractivity contribution in [1.29, 1.82) is 0 Å². The zero-order valence-electron chi connectivity index (χ0n) is 8.65. The zero-order chi connectivity index (χ0) is 10.7. The summed E-state index contributed by atoms with van der Waals surface area (Å²) in [6, 6.07) is 1.55. The number of nitrogens with two attached hydrogens (primary N) is 1. The fourth-order valence-electron chi connectivity index (χ4n) is 0.926. The summed E-state index contributed by atoms with van der Waals surface area (Å²) in [5, 5.41) is 0. The van der Waals surface area contributed by atoms with Crippen LogP contribution in [0.4, 0.5) is 5.82 Å². The standard InChI is InChI=1S/C9H15N3O2/c1-6(2)5-14-8-4-7(10)11-9(13)12(8)3/h4,6H,5H2,1-3H3,(H2,10,11,13). The van der Waals surface area contributed by atoms with E-state index in [1.165, 1.54) is 4.57 Å². The van der Waals surface area contributed by atoms with Crippen molar-refractivity contribution in [2.45, 2.75) is 13.8 Å². The highest BCUT2D eigenvalue weighted by molar-refractivity contribution is 5.31. The first-order valence-electron chi connectivity index (χ1n) is 4.47. The van der Waals surface area contributed by atoms with Gasteiger partial charge >= 0.3 is 5.69 Å². The highest BCUT2D eigenvalue weighted by atomic mass is 16.5. The second-order valence-corrected chi connectivity index (χ2v) is 3.57. The van der Waals surface area contributed by atoms with Crippen LogP contribution >= 0.6 is 0 Å². The van der Waals surface area contributed by atoms with E-state index in [9.17, 15) is 4.79 Å². The van der Waals surface area contributed by atoms with E-state index >= 15 is 0 Å². The van der Waals surface area contributed by atoms with Gasteiger partial charge in [-0.3, -0.25) is 4.57 Å². The molecule has 0 spiro atoms. The predicted octanol–water partition coefficient (Wildman–Crippen LogP) is 0.397. The minimum atomic E-state index is -0.399. The summed E-state index contributed by atoms with van der Waals surface area (Å²) in [7, 11) is 1.60. The Bertz CT molecular complexity index is 371. The maximum atomic E-state index is 11.2. The van der Waals surface area contributed by atoms with E-state index in [-0.39, 0.29) is 5.82 Å². The van der Waals surface area contributed by atoms with Crippen molar-refractivity contribution in [2.24, 2.45) is 13.0 Å². The molecule has 0 aliphatic rings. The first-order chi connectivity index (χ1) is 6.50.